The lowest BCUT2D eigenvalue weighted by molar-refractivity contribution is -0.0122. The topological polar surface area (TPSA) is 23.5 Å². The minimum atomic E-state index is 0.229. The van der Waals surface area contributed by atoms with Crippen molar-refractivity contribution in [3.63, 3.8) is 0 Å². The molecule has 1 saturated heterocycles. The number of hydrogen-bond donors (Lipinski definition) is 1. The molecule has 1 N–H and O–H groups in total. The van der Waals surface area contributed by atoms with Gasteiger partial charge in [0.2, 0.25) is 0 Å². The van der Waals surface area contributed by atoms with Crippen molar-refractivity contribution in [1.29, 1.82) is 0 Å². The maximum Gasteiger partial charge on any atom is 0.115 e. The SMILES string of the molecule is C[C@@H]1[C@@H]2Cc3ccc(O)cc3[C@@]1(C)CCN2CC1CC(C)(C)C1. The quantitative estimate of drug-likeness (QED) is 0.877. The Labute approximate surface area is 140 Å². The van der Waals surface area contributed by atoms with Gasteiger partial charge in [-0.15, -0.1) is 0 Å². The van der Waals surface area contributed by atoms with Crippen molar-refractivity contribution in [1.82, 2.24) is 4.90 Å². The summed E-state index contributed by atoms with van der Waals surface area (Å²) in [6.07, 6.45) is 5.17. The molecule has 0 spiro atoms. The van der Waals surface area contributed by atoms with Crippen LogP contribution in [0, 0.1) is 17.3 Å². The van der Waals surface area contributed by atoms with Crippen LogP contribution in [0.25, 0.3) is 0 Å². The van der Waals surface area contributed by atoms with E-state index in [1.165, 1.54) is 43.5 Å². The number of aromatic hydroxyl groups is 1. The minimum absolute atomic E-state index is 0.229. The molecule has 2 fully saturated rings. The van der Waals surface area contributed by atoms with Crippen LogP contribution in [0.5, 0.6) is 5.75 Å². The first-order chi connectivity index (χ1) is 10.8. The summed E-state index contributed by atoms with van der Waals surface area (Å²) in [6.45, 7) is 12.2. The van der Waals surface area contributed by atoms with E-state index in [4.69, 9.17) is 0 Å². The van der Waals surface area contributed by atoms with Gasteiger partial charge in [0.25, 0.3) is 0 Å². The van der Waals surface area contributed by atoms with Gasteiger partial charge in [-0.25, -0.2) is 0 Å². The van der Waals surface area contributed by atoms with Crippen LogP contribution in [-0.2, 0) is 11.8 Å². The first kappa shape index (κ1) is 15.5. The monoisotopic (exact) mass is 313 g/mol. The Bertz CT molecular complexity index is 614. The standard InChI is InChI=1S/C21H31NO/c1-14-19-9-16-5-6-17(23)10-18(16)21(14,4)7-8-22(19)13-15-11-20(2,3)12-15/h5-6,10,14-15,19,23H,7-9,11-13H2,1-4H3/t14-,19+,21+/m1/s1. The zero-order valence-electron chi connectivity index (χ0n) is 15.1. The van der Waals surface area contributed by atoms with E-state index in [2.05, 4.69) is 38.7 Å². The highest BCUT2D eigenvalue weighted by Gasteiger charge is 2.49. The normalized spacial score (nSPS) is 36.3. The number of phenols is 1. The fourth-order valence-corrected chi connectivity index (χ4v) is 5.89. The predicted molar refractivity (Wildman–Crippen MR) is 94.8 cm³/mol. The van der Waals surface area contributed by atoms with Gasteiger partial charge in [-0.2, -0.15) is 0 Å². The molecule has 2 aliphatic carbocycles. The number of hydrogen-bond acceptors (Lipinski definition) is 2. The molecule has 3 atom stereocenters. The Balaban J connectivity index is 1.58. The van der Waals surface area contributed by atoms with E-state index >= 15 is 0 Å². The first-order valence-electron chi connectivity index (χ1n) is 9.35. The first-order valence-corrected chi connectivity index (χ1v) is 9.35. The molecule has 0 aromatic heterocycles. The molecule has 0 radical (unpaired) electrons. The van der Waals surface area contributed by atoms with Gasteiger partial charge < -0.3 is 5.11 Å². The summed E-state index contributed by atoms with van der Waals surface area (Å²) in [7, 11) is 0. The van der Waals surface area contributed by atoms with E-state index in [9.17, 15) is 5.11 Å². The third-order valence-corrected chi connectivity index (χ3v) is 7.28. The molecule has 0 amide bonds. The van der Waals surface area contributed by atoms with E-state index in [1.807, 2.05) is 12.1 Å². The van der Waals surface area contributed by atoms with Crippen LogP contribution in [0.15, 0.2) is 18.2 Å². The second kappa shape index (κ2) is 4.99. The second-order valence-electron chi connectivity index (χ2n) is 9.50. The van der Waals surface area contributed by atoms with Crippen LogP contribution in [0.4, 0.5) is 0 Å². The molecule has 2 heteroatoms. The van der Waals surface area contributed by atoms with Gasteiger partial charge in [0.1, 0.15) is 5.75 Å². The molecule has 1 aromatic carbocycles. The zero-order chi connectivity index (χ0) is 16.4. The maximum absolute atomic E-state index is 9.94. The Morgan fingerprint density at radius 2 is 1.96 bits per heavy atom. The lowest BCUT2D eigenvalue weighted by atomic mass is 9.58. The summed E-state index contributed by atoms with van der Waals surface area (Å²) >= 11 is 0. The van der Waals surface area contributed by atoms with Gasteiger partial charge in [-0.05, 0) is 78.2 Å². The summed E-state index contributed by atoms with van der Waals surface area (Å²) in [4.78, 5) is 2.79. The number of fused-ring (bicyclic) bond motifs is 4. The smallest absolute Gasteiger partial charge is 0.115 e. The fraction of sp³-hybridized carbons (Fsp3) is 0.714. The van der Waals surface area contributed by atoms with Crippen molar-refractivity contribution in [3.05, 3.63) is 29.3 Å². The highest BCUT2D eigenvalue weighted by molar-refractivity contribution is 5.44. The molecule has 1 saturated carbocycles. The molecule has 2 nitrogen and oxygen atoms in total. The Morgan fingerprint density at radius 1 is 1.22 bits per heavy atom. The minimum Gasteiger partial charge on any atom is -0.508 e. The average molecular weight is 313 g/mol. The molecule has 126 valence electrons. The molecular formula is C21H31NO. The van der Waals surface area contributed by atoms with Crippen LogP contribution >= 0.6 is 0 Å². The van der Waals surface area contributed by atoms with E-state index in [0.29, 0.717) is 23.1 Å². The van der Waals surface area contributed by atoms with E-state index in [0.717, 1.165) is 12.3 Å². The number of piperidine rings is 1. The van der Waals surface area contributed by atoms with Gasteiger partial charge in [0.15, 0.2) is 0 Å². The number of benzene rings is 1. The van der Waals surface area contributed by atoms with Crippen LogP contribution in [0.3, 0.4) is 0 Å². The maximum atomic E-state index is 9.94. The van der Waals surface area contributed by atoms with Gasteiger partial charge >= 0.3 is 0 Å². The van der Waals surface area contributed by atoms with E-state index < -0.39 is 0 Å². The third kappa shape index (κ3) is 2.41. The molecule has 1 heterocycles. The molecule has 1 aromatic rings. The number of rotatable bonds is 2. The summed E-state index contributed by atoms with van der Waals surface area (Å²) in [5.41, 5.74) is 3.68. The molecule has 1 aliphatic heterocycles. The van der Waals surface area contributed by atoms with Gasteiger partial charge in [0, 0.05) is 12.6 Å². The Hall–Kier alpha value is -1.02. The van der Waals surface area contributed by atoms with Crippen LogP contribution in [-0.4, -0.2) is 29.1 Å². The van der Waals surface area contributed by atoms with Crippen LogP contribution in [0.1, 0.15) is 58.1 Å². The van der Waals surface area contributed by atoms with Crippen LogP contribution in [0.2, 0.25) is 0 Å². The molecule has 0 unspecified atom stereocenters. The van der Waals surface area contributed by atoms with E-state index in [1.54, 1.807) is 0 Å². The molecule has 23 heavy (non-hydrogen) atoms. The van der Waals surface area contributed by atoms with Crippen molar-refractivity contribution in [3.8, 4) is 5.75 Å². The lowest BCUT2D eigenvalue weighted by Gasteiger charge is -2.56. The Kier molecular flexibility index (Phi) is 3.36. The van der Waals surface area contributed by atoms with Crippen molar-refractivity contribution < 1.29 is 5.11 Å². The van der Waals surface area contributed by atoms with Crippen molar-refractivity contribution in [2.45, 2.75) is 64.8 Å². The van der Waals surface area contributed by atoms with Gasteiger partial charge in [-0.1, -0.05) is 33.8 Å². The number of phenolic OH excluding ortho intramolecular Hbond substituents is 1. The molecular weight excluding hydrogens is 282 g/mol. The molecule has 3 aliphatic rings. The van der Waals surface area contributed by atoms with Crippen molar-refractivity contribution in [2.75, 3.05) is 13.1 Å². The van der Waals surface area contributed by atoms with Gasteiger partial charge in [0.05, 0.1) is 0 Å². The highest BCUT2D eigenvalue weighted by Crippen LogP contribution is 2.51. The third-order valence-electron chi connectivity index (χ3n) is 7.28. The molecule has 2 bridgehead atoms. The van der Waals surface area contributed by atoms with Gasteiger partial charge in [-0.3, -0.25) is 4.90 Å². The van der Waals surface area contributed by atoms with E-state index in [-0.39, 0.29) is 5.41 Å². The summed E-state index contributed by atoms with van der Waals surface area (Å²) < 4.78 is 0. The zero-order valence-corrected chi connectivity index (χ0v) is 15.1. The number of likely N-dealkylation sites (tertiary alicyclic amines) is 1. The summed E-state index contributed by atoms with van der Waals surface area (Å²) in [6, 6.07) is 6.74. The largest absolute Gasteiger partial charge is 0.508 e. The average Bonchev–Trinajstić information content (AvgIpc) is 2.45. The summed E-state index contributed by atoms with van der Waals surface area (Å²) in [5.74, 6) is 2.00. The van der Waals surface area contributed by atoms with Crippen LogP contribution < -0.4 is 0 Å². The highest BCUT2D eigenvalue weighted by atomic mass is 16.3. The Morgan fingerprint density at radius 3 is 2.65 bits per heavy atom. The predicted octanol–water partition coefficient (Wildman–Crippen LogP) is 4.35. The van der Waals surface area contributed by atoms with Crippen molar-refractivity contribution >= 4 is 0 Å². The second-order valence-corrected chi connectivity index (χ2v) is 9.50. The molecule has 4 rings (SSSR count). The van der Waals surface area contributed by atoms with Crippen molar-refractivity contribution in [2.24, 2.45) is 17.3 Å². The summed E-state index contributed by atoms with van der Waals surface area (Å²) in [5, 5.41) is 9.94. The number of nitrogens with zero attached hydrogens (tertiary/aromatic N) is 1. The lowest BCUT2D eigenvalue weighted by Crippen LogP contribution is -2.59. The fourth-order valence-electron chi connectivity index (χ4n) is 5.89.